The molecule has 0 saturated carbocycles. The van der Waals surface area contributed by atoms with Gasteiger partial charge in [0.1, 0.15) is 6.04 Å². The largest absolute Gasteiger partial charge is 0.396 e. The summed E-state index contributed by atoms with van der Waals surface area (Å²) in [5.74, 6) is 0.649. The lowest BCUT2D eigenvalue weighted by Crippen LogP contribution is -2.54. The summed E-state index contributed by atoms with van der Waals surface area (Å²) in [6.07, 6.45) is 1.88. The molecule has 0 aliphatic carbocycles. The summed E-state index contributed by atoms with van der Waals surface area (Å²) >= 11 is 1.70. The van der Waals surface area contributed by atoms with Crippen LogP contribution in [0.3, 0.4) is 0 Å². The second kappa shape index (κ2) is 5.80. The minimum atomic E-state index is -0.376. The molecule has 21 heavy (non-hydrogen) atoms. The first kappa shape index (κ1) is 16.6. The van der Waals surface area contributed by atoms with E-state index >= 15 is 0 Å². The van der Waals surface area contributed by atoms with Crippen molar-refractivity contribution in [2.75, 3.05) is 12.4 Å². The summed E-state index contributed by atoms with van der Waals surface area (Å²) in [6, 6.07) is -0.469. The Bertz CT molecular complexity index is 435. The Morgan fingerprint density at radius 3 is 2.81 bits per heavy atom. The molecule has 2 N–H and O–H groups in total. The van der Waals surface area contributed by atoms with Gasteiger partial charge in [0.15, 0.2) is 0 Å². The second-order valence-electron chi connectivity index (χ2n) is 7.21. The Morgan fingerprint density at radius 1 is 1.57 bits per heavy atom. The van der Waals surface area contributed by atoms with Crippen LogP contribution in [0.4, 0.5) is 0 Å². The molecule has 2 aliphatic rings. The van der Waals surface area contributed by atoms with Gasteiger partial charge in [0.25, 0.3) is 0 Å². The number of thioether (sulfide) groups is 1. The number of aliphatic hydroxyl groups is 1. The van der Waals surface area contributed by atoms with Crippen LogP contribution in [-0.4, -0.2) is 51.1 Å². The van der Waals surface area contributed by atoms with Crippen LogP contribution < -0.4 is 5.32 Å². The molecule has 0 bridgehead atoms. The van der Waals surface area contributed by atoms with Gasteiger partial charge in [0, 0.05) is 24.8 Å². The van der Waals surface area contributed by atoms with Crippen molar-refractivity contribution in [3.63, 3.8) is 0 Å². The SMILES string of the molecule is CC(C)(C)C(CCO)NC(=O)C1CSC2(C)CCC(=O)N12. The van der Waals surface area contributed by atoms with E-state index in [1.807, 2.05) is 27.7 Å². The van der Waals surface area contributed by atoms with Gasteiger partial charge in [-0.25, -0.2) is 0 Å². The summed E-state index contributed by atoms with van der Waals surface area (Å²) in [6.45, 7) is 8.22. The smallest absolute Gasteiger partial charge is 0.243 e. The Hall–Kier alpha value is -0.750. The predicted octanol–water partition coefficient (Wildman–Crippen LogP) is 1.35. The molecule has 5 nitrogen and oxygen atoms in total. The zero-order valence-corrected chi connectivity index (χ0v) is 14.1. The third-order valence-corrected chi connectivity index (χ3v) is 6.03. The zero-order chi connectivity index (χ0) is 15.8. The predicted molar refractivity (Wildman–Crippen MR) is 83.8 cm³/mol. The lowest BCUT2D eigenvalue weighted by Gasteiger charge is -2.34. The molecule has 2 heterocycles. The Morgan fingerprint density at radius 2 is 2.24 bits per heavy atom. The van der Waals surface area contributed by atoms with E-state index < -0.39 is 0 Å². The molecule has 2 amide bonds. The number of nitrogens with one attached hydrogen (secondary N) is 1. The molecular weight excluding hydrogens is 288 g/mol. The number of nitrogens with zero attached hydrogens (tertiary/aromatic N) is 1. The summed E-state index contributed by atoms with van der Waals surface area (Å²) in [7, 11) is 0. The molecule has 3 unspecified atom stereocenters. The topological polar surface area (TPSA) is 69.6 Å². The number of aliphatic hydroxyl groups excluding tert-OH is 1. The maximum absolute atomic E-state index is 12.6. The summed E-state index contributed by atoms with van der Waals surface area (Å²) in [5.41, 5.74) is -0.123. The Balaban J connectivity index is 2.08. The van der Waals surface area contributed by atoms with Gasteiger partial charge in [0.2, 0.25) is 11.8 Å². The van der Waals surface area contributed by atoms with Crippen molar-refractivity contribution in [2.45, 2.75) is 63.9 Å². The minimum Gasteiger partial charge on any atom is -0.396 e. The first-order valence-corrected chi connectivity index (χ1v) is 8.55. The molecule has 2 rings (SSSR count). The highest BCUT2D eigenvalue weighted by atomic mass is 32.2. The van der Waals surface area contributed by atoms with E-state index in [4.69, 9.17) is 0 Å². The van der Waals surface area contributed by atoms with E-state index in [0.29, 0.717) is 18.6 Å². The Labute approximate surface area is 130 Å². The van der Waals surface area contributed by atoms with Crippen LogP contribution in [-0.2, 0) is 9.59 Å². The van der Waals surface area contributed by atoms with Crippen molar-refractivity contribution in [1.82, 2.24) is 10.2 Å². The van der Waals surface area contributed by atoms with Crippen molar-refractivity contribution >= 4 is 23.6 Å². The molecule has 0 aromatic rings. The van der Waals surface area contributed by atoms with Crippen LogP contribution in [0.5, 0.6) is 0 Å². The molecule has 3 atom stereocenters. The number of hydrogen-bond donors (Lipinski definition) is 2. The third-order valence-electron chi connectivity index (χ3n) is 4.53. The quantitative estimate of drug-likeness (QED) is 0.822. The van der Waals surface area contributed by atoms with Crippen molar-refractivity contribution in [3.05, 3.63) is 0 Å². The minimum absolute atomic E-state index is 0.0436. The first-order chi connectivity index (χ1) is 9.69. The monoisotopic (exact) mass is 314 g/mol. The van der Waals surface area contributed by atoms with E-state index in [0.717, 1.165) is 6.42 Å². The second-order valence-corrected chi connectivity index (χ2v) is 8.71. The molecule has 0 radical (unpaired) electrons. The summed E-state index contributed by atoms with van der Waals surface area (Å²) in [4.78, 5) is 26.2. The van der Waals surface area contributed by atoms with Crippen LogP contribution in [0.15, 0.2) is 0 Å². The maximum atomic E-state index is 12.6. The normalized spacial score (nSPS) is 30.4. The van der Waals surface area contributed by atoms with Gasteiger partial charge >= 0.3 is 0 Å². The molecule has 0 spiro atoms. The fraction of sp³-hybridized carbons (Fsp3) is 0.867. The van der Waals surface area contributed by atoms with Gasteiger partial charge < -0.3 is 15.3 Å². The van der Waals surface area contributed by atoms with Crippen LogP contribution >= 0.6 is 11.8 Å². The zero-order valence-electron chi connectivity index (χ0n) is 13.3. The van der Waals surface area contributed by atoms with Crippen LogP contribution in [0.2, 0.25) is 0 Å². The highest BCUT2D eigenvalue weighted by molar-refractivity contribution is 8.01. The van der Waals surface area contributed by atoms with E-state index in [-0.39, 0.29) is 40.8 Å². The molecule has 120 valence electrons. The fourth-order valence-electron chi connectivity index (χ4n) is 3.13. The van der Waals surface area contributed by atoms with E-state index in [1.54, 1.807) is 16.7 Å². The first-order valence-electron chi connectivity index (χ1n) is 7.56. The molecule has 2 aliphatic heterocycles. The van der Waals surface area contributed by atoms with Gasteiger partial charge in [-0.2, -0.15) is 0 Å². The van der Waals surface area contributed by atoms with Crippen molar-refractivity contribution in [2.24, 2.45) is 5.41 Å². The average molecular weight is 314 g/mol. The molecule has 2 saturated heterocycles. The van der Waals surface area contributed by atoms with Crippen molar-refractivity contribution in [1.29, 1.82) is 0 Å². The van der Waals surface area contributed by atoms with Crippen molar-refractivity contribution in [3.8, 4) is 0 Å². The number of rotatable bonds is 4. The summed E-state index contributed by atoms with van der Waals surface area (Å²) < 4.78 is 0. The average Bonchev–Trinajstić information content (AvgIpc) is 2.85. The number of hydrogen-bond acceptors (Lipinski definition) is 4. The third kappa shape index (κ3) is 3.21. The number of carbonyl (C=O) groups is 2. The van der Waals surface area contributed by atoms with Gasteiger partial charge in [-0.15, -0.1) is 11.8 Å². The highest BCUT2D eigenvalue weighted by Crippen LogP contribution is 2.47. The lowest BCUT2D eigenvalue weighted by molar-refractivity contribution is -0.138. The van der Waals surface area contributed by atoms with Crippen molar-refractivity contribution < 1.29 is 14.7 Å². The van der Waals surface area contributed by atoms with Gasteiger partial charge in [-0.3, -0.25) is 9.59 Å². The number of fused-ring (bicyclic) bond motifs is 1. The molecule has 2 fully saturated rings. The molecule has 6 heteroatoms. The van der Waals surface area contributed by atoms with Crippen LogP contribution in [0, 0.1) is 5.41 Å². The van der Waals surface area contributed by atoms with Gasteiger partial charge in [-0.1, -0.05) is 20.8 Å². The van der Waals surface area contributed by atoms with Crippen LogP contribution in [0.1, 0.15) is 47.0 Å². The van der Waals surface area contributed by atoms with Crippen LogP contribution in [0.25, 0.3) is 0 Å². The lowest BCUT2D eigenvalue weighted by atomic mass is 9.84. The summed E-state index contributed by atoms with van der Waals surface area (Å²) in [5, 5.41) is 12.2. The highest BCUT2D eigenvalue weighted by Gasteiger charge is 2.53. The fourth-order valence-corrected chi connectivity index (χ4v) is 4.57. The Kier molecular flexibility index (Phi) is 4.59. The van der Waals surface area contributed by atoms with E-state index in [9.17, 15) is 14.7 Å². The molecular formula is C15H26N2O3S. The standard InChI is InChI=1S/C15H26N2O3S/c1-14(2,3)11(6-8-18)16-13(20)10-9-21-15(4)7-5-12(19)17(10)15/h10-11,18H,5-9H2,1-4H3,(H,16,20). The van der Waals surface area contributed by atoms with E-state index in [2.05, 4.69) is 5.32 Å². The molecule has 0 aromatic carbocycles. The molecule has 0 aromatic heterocycles. The maximum Gasteiger partial charge on any atom is 0.243 e. The van der Waals surface area contributed by atoms with Gasteiger partial charge in [-0.05, 0) is 25.2 Å². The van der Waals surface area contributed by atoms with Gasteiger partial charge in [0.05, 0.1) is 4.87 Å². The number of carbonyl (C=O) groups excluding carboxylic acids is 2. The number of amides is 2. The van der Waals surface area contributed by atoms with E-state index in [1.165, 1.54) is 0 Å².